The fraction of sp³-hybridized carbons (Fsp3) is 0.263. The van der Waals surface area contributed by atoms with Crippen LogP contribution in [0.4, 0.5) is 18.9 Å². The molecule has 0 aliphatic heterocycles. The van der Waals surface area contributed by atoms with Crippen LogP contribution in [-0.4, -0.2) is 19.7 Å². The zero-order valence-electron chi connectivity index (χ0n) is 15.9. The number of nitrogens with zero attached hydrogens (tertiary/aromatic N) is 4. The van der Waals surface area contributed by atoms with Crippen LogP contribution in [0.2, 0.25) is 5.02 Å². The fourth-order valence-corrected chi connectivity index (χ4v) is 3.78. The van der Waals surface area contributed by atoms with Crippen LogP contribution in [-0.2, 0) is 12.7 Å². The van der Waals surface area contributed by atoms with Gasteiger partial charge in [-0.2, -0.15) is 13.2 Å². The third-order valence-corrected chi connectivity index (χ3v) is 5.35. The molecule has 0 radical (unpaired) electrons. The van der Waals surface area contributed by atoms with Crippen molar-refractivity contribution in [3.05, 3.63) is 63.2 Å². The summed E-state index contributed by atoms with van der Waals surface area (Å²) >= 11 is 6.84. The molecule has 0 amide bonds. The number of nitro groups is 1. The molecule has 0 atom stereocenters. The summed E-state index contributed by atoms with van der Waals surface area (Å²) in [5, 5.41) is 20.6. The summed E-state index contributed by atoms with van der Waals surface area (Å²) in [6.07, 6.45) is -4.67. The molecular weight excluding hydrogens is 441 g/mol. The SMILES string of the molecule is CC(C)Cn1c(Sc2ccc(C(F)(F)F)cc2[N+](=O)[O-])nnc1-c1ccc(Cl)cc1. The molecule has 0 aliphatic rings. The maximum atomic E-state index is 13.0. The molecule has 0 bridgehead atoms. The monoisotopic (exact) mass is 456 g/mol. The van der Waals surface area contributed by atoms with Crippen LogP contribution in [0.25, 0.3) is 11.4 Å². The van der Waals surface area contributed by atoms with Gasteiger partial charge in [0, 0.05) is 23.2 Å². The van der Waals surface area contributed by atoms with Crippen molar-refractivity contribution >= 4 is 29.1 Å². The zero-order valence-corrected chi connectivity index (χ0v) is 17.4. The van der Waals surface area contributed by atoms with Crippen molar-refractivity contribution in [3.8, 4) is 11.4 Å². The third-order valence-electron chi connectivity index (χ3n) is 4.05. The molecule has 0 unspecified atom stereocenters. The van der Waals surface area contributed by atoms with E-state index >= 15 is 0 Å². The molecule has 1 heterocycles. The van der Waals surface area contributed by atoms with Gasteiger partial charge in [-0.05, 0) is 54.1 Å². The van der Waals surface area contributed by atoms with E-state index in [0.29, 0.717) is 28.6 Å². The second kappa shape index (κ2) is 8.65. The summed E-state index contributed by atoms with van der Waals surface area (Å²) < 4.78 is 40.6. The second-order valence-electron chi connectivity index (χ2n) is 6.86. The van der Waals surface area contributed by atoms with E-state index in [-0.39, 0.29) is 10.8 Å². The van der Waals surface area contributed by atoms with Crippen molar-refractivity contribution in [1.82, 2.24) is 14.8 Å². The quantitative estimate of drug-likeness (QED) is 0.320. The molecule has 2 aromatic carbocycles. The molecular formula is C19H16ClF3N4O2S. The summed E-state index contributed by atoms with van der Waals surface area (Å²) in [6, 6.07) is 9.40. The van der Waals surface area contributed by atoms with E-state index in [9.17, 15) is 23.3 Å². The maximum Gasteiger partial charge on any atom is 0.416 e. The number of benzene rings is 2. The van der Waals surface area contributed by atoms with Gasteiger partial charge >= 0.3 is 6.18 Å². The predicted octanol–water partition coefficient (Wildman–Crippen LogP) is 6.33. The molecule has 0 fully saturated rings. The molecule has 1 aromatic heterocycles. The fourth-order valence-electron chi connectivity index (χ4n) is 2.73. The lowest BCUT2D eigenvalue weighted by Crippen LogP contribution is -2.08. The van der Waals surface area contributed by atoms with Crippen LogP contribution in [0.3, 0.4) is 0 Å². The lowest BCUT2D eigenvalue weighted by molar-refractivity contribution is -0.388. The number of hydrogen-bond donors (Lipinski definition) is 0. The lowest BCUT2D eigenvalue weighted by atomic mass is 10.2. The average Bonchev–Trinajstić information content (AvgIpc) is 3.03. The van der Waals surface area contributed by atoms with Gasteiger partial charge in [-0.25, -0.2) is 0 Å². The molecule has 3 aromatic rings. The van der Waals surface area contributed by atoms with E-state index in [1.807, 2.05) is 13.8 Å². The molecule has 0 aliphatic carbocycles. The average molecular weight is 457 g/mol. The van der Waals surface area contributed by atoms with Gasteiger partial charge in [0.15, 0.2) is 11.0 Å². The highest BCUT2D eigenvalue weighted by Gasteiger charge is 2.33. The van der Waals surface area contributed by atoms with E-state index in [4.69, 9.17) is 11.6 Å². The number of nitro benzene ring substituents is 1. The minimum absolute atomic E-state index is 0.0491. The number of aromatic nitrogens is 3. The van der Waals surface area contributed by atoms with Crippen LogP contribution in [0, 0.1) is 16.0 Å². The Kier molecular flexibility index (Phi) is 6.37. The van der Waals surface area contributed by atoms with E-state index < -0.39 is 22.4 Å². The van der Waals surface area contributed by atoms with E-state index in [0.717, 1.165) is 29.5 Å². The van der Waals surface area contributed by atoms with Crippen molar-refractivity contribution in [2.45, 2.75) is 36.6 Å². The van der Waals surface area contributed by atoms with Crippen LogP contribution in [0.1, 0.15) is 19.4 Å². The normalized spacial score (nSPS) is 11.8. The summed E-state index contributed by atoms with van der Waals surface area (Å²) in [5.74, 6) is 0.742. The first-order valence-corrected chi connectivity index (χ1v) is 9.98. The van der Waals surface area contributed by atoms with Gasteiger partial charge < -0.3 is 4.57 Å². The summed E-state index contributed by atoms with van der Waals surface area (Å²) in [4.78, 5) is 10.6. The summed E-state index contributed by atoms with van der Waals surface area (Å²) in [6.45, 7) is 4.49. The Bertz CT molecular complexity index is 1070. The van der Waals surface area contributed by atoms with E-state index in [1.165, 1.54) is 0 Å². The Balaban J connectivity index is 2.04. The van der Waals surface area contributed by atoms with Gasteiger partial charge in [0.2, 0.25) is 0 Å². The van der Waals surface area contributed by atoms with Crippen LogP contribution < -0.4 is 0 Å². The molecule has 0 saturated heterocycles. The van der Waals surface area contributed by atoms with Gasteiger partial charge in [0.05, 0.1) is 15.4 Å². The molecule has 6 nitrogen and oxygen atoms in total. The first kappa shape index (κ1) is 22.1. The molecule has 0 N–H and O–H groups in total. The van der Waals surface area contributed by atoms with Gasteiger partial charge in [-0.15, -0.1) is 10.2 Å². The highest BCUT2D eigenvalue weighted by Crippen LogP contribution is 2.39. The second-order valence-corrected chi connectivity index (χ2v) is 8.30. The smallest absolute Gasteiger partial charge is 0.302 e. The minimum atomic E-state index is -4.67. The molecule has 11 heteroatoms. The highest BCUT2D eigenvalue weighted by molar-refractivity contribution is 7.99. The van der Waals surface area contributed by atoms with Crippen molar-refractivity contribution in [2.75, 3.05) is 0 Å². The van der Waals surface area contributed by atoms with Gasteiger partial charge in [-0.3, -0.25) is 10.1 Å². The summed E-state index contributed by atoms with van der Waals surface area (Å²) in [5.41, 5.74) is -0.965. The predicted molar refractivity (Wildman–Crippen MR) is 108 cm³/mol. The van der Waals surface area contributed by atoms with Crippen LogP contribution >= 0.6 is 23.4 Å². The molecule has 30 heavy (non-hydrogen) atoms. The Morgan fingerprint density at radius 3 is 2.40 bits per heavy atom. The van der Waals surface area contributed by atoms with Crippen LogP contribution in [0.5, 0.6) is 0 Å². The number of halogens is 4. The highest BCUT2D eigenvalue weighted by atomic mass is 35.5. The number of rotatable bonds is 6. The van der Waals surface area contributed by atoms with E-state index in [1.54, 1.807) is 28.8 Å². The van der Waals surface area contributed by atoms with Crippen molar-refractivity contribution in [2.24, 2.45) is 5.92 Å². The maximum absolute atomic E-state index is 13.0. The first-order valence-electron chi connectivity index (χ1n) is 8.79. The van der Waals surface area contributed by atoms with Crippen molar-refractivity contribution in [1.29, 1.82) is 0 Å². The number of alkyl halides is 3. The topological polar surface area (TPSA) is 73.8 Å². The van der Waals surface area contributed by atoms with E-state index in [2.05, 4.69) is 10.2 Å². The number of hydrogen-bond acceptors (Lipinski definition) is 5. The lowest BCUT2D eigenvalue weighted by Gasteiger charge is -2.13. The van der Waals surface area contributed by atoms with Gasteiger partial charge in [0.25, 0.3) is 5.69 Å². The van der Waals surface area contributed by atoms with Crippen molar-refractivity contribution < 1.29 is 18.1 Å². The van der Waals surface area contributed by atoms with Crippen molar-refractivity contribution in [3.63, 3.8) is 0 Å². The Morgan fingerprint density at radius 2 is 1.83 bits per heavy atom. The molecule has 3 rings (SSSR count). The summed E-state index contributed by atoms with van der Waals surface area (Å²) in [7, 11) is 0. The third kappa shape index (κ3) is 4.93. The first-order chi connectivity index (χ1) is 14.1. The standard InChI is InChI=1S/C19H16ClF3N4O2S/c1-11(2)10-26-17(12-3-6-14(20)7-4-12)24-25-18(26)30-16-8-5-13(19(21,22)23)9-15(16)27(28)29/h3-9,11H,10H2,1-2H3. The Morgan fingerprint density at radius 1 is 1.17 bits per heavy atom. The molecule has 158 valence electrons. The molecule has 0 spiro atoms. The van der Waals surface area contributed by atoms with Crippen LogP contribution in [0.15, 0.2) is 52.5 Å². The Hall–Kier alpha value is -2.59. The van der Waals surface area contributed by atoms with Gasteiger partial charge in [-0.1, -0.05) is 25.4 Å². The molecule has 0 saturated carbocycles. The largest absolute Gasteiger partial charge is 0.416 e. The minimum Gasteiger partial charge on any atom is -0.302 e. The zero-order chi connectivity index (χ0) is 22.1. The Labute approximate surface area is 179 Å². The van der Waals surface area contributed by atoms with Gasteiger partial charge in [0.1, 0.15) is 0 Å².